The average Bonchev–Trinajstić information content (AvgIpc) is 1.81. The quantitative estimate of drug-likeness (QED) is 0.566. The zero-order valence-corrected chi connectivity index (χ0v) is 7.10. The van der Waals surface area contributed by atoms with Crippen LogP contribution in [0.25, 0.3) is 0 Å². The normalized spacial score (nSPS) is 16.5. The SMILES string of the molecule is O=P(O)(O)C(CC=CF)C(F)(F)F. The molecule has 0 aliphatic rings. The average molecular weight is 222 g/mol. The largest absolute Gasteiger partial charge is 0.403 e. The predicted octanol–water partition coefficient (Wildman–Crippen LogP) is 1.97. The molecule has 2 N–H and O–H groups in total. The molecule has 0 aliphatic heterocycles. The van der Waals surface area contributed by atoms with Gasteiger partial charge in [-0.2, -0.15) is 13.2 Å². The van der Waals surface area contributed by atoms with E-state index in [4.69, 9.17) is 9.79 Å². The summed E-state index contributed by atoms with van der Waals surface area (Å²) >= 11 is 0. The molecule has 0 rings (SSSR count). The maximum absolute atomic E-state index is 11.9. The van der Waals surface area contributed by atoms with E-state index in [0.717, 1.165) is 0 Å². The predicted molar refractivity (Wildman–Crippen MR) is 36.8 cm³/mol. The first kappa shape index (κ1) is 12.6. The second-order valence-electron chi connectivity index (χ2n) is 2.24. The zero-order valence-electron chi connectivity index (χ0n) is 6.20. The standard InChI is InChI=1S/C5H7F4O3P/c6-3-1-2-4(5(7,8)9)13(10,11)12/h1,3-4H,2H2,(H2,10,11,12). The molecule has 8 heteroatoms. The molecule has 0 amide bonds. The molecule has 0 fully saturated rings. The van der Waals surface area contributed by atoms with E-state index in [0.29, 0.717) is 6.08 Å². The number of hydrogen-bond acceptors (Lipinski definition) is 1. The lowest BCUT2D eigenvalue weighted by Gasteiger charge is -2.19. The van der Waals surface area contributed by atoms with E-state index in [1.165, 1.54) is 0 Å². The van der Waals surface area contributed by atoms with Crippen molar-refractivity contribution in [1.29, 1.82) is 0 Å². The summed E-state index contributed by atoms with van der Waals surface area (Å²) in [5, 5.41) is 0. The maximum Gasteiger partial charge on any atom is 0.403 e. The summed E-state index contributed by atoms with van der Waals surface area (Å²) in [6, 6.07) is 0. The van der Waals surface area contributed by atoms with E-state index in [1.54, 1.807) is 0 Å². The van der Waals surface area contributed by atoms with Crippen molar-refractivity contribution in [1.82, 2.24) is 0 Å². The van der Waals surface area contributed by atoms with E-state index in [-0.39, 0.29) is 6.33 Å². The highest BCUT2D eigenvalue weighted by Gasteiger charge is 2.49. The number of alkyl halides is 3. The monoisotopic (exact) mass is 222 g/mol. The highest BCUT2D eigenvalue weighted by Crippen LogP contribution is 2.50. The van der Waals surface area contributed by atoms with E-state index >= 15 is 0 Å². The third-order valence-corrected chi connectivity index (χ3v) is 2.55. The van der Waals surface area contributed by atoms with Crippen LogP contribution in [-0.4, -0.2) is 21.6 Å². The zero-order chi connectivity index (χ0) is 10.7. The molecular weight excluding hydrogens is 215 g/mol. The molecular formula is C5H7F4O3P. The molecule has 13 heavy (non-hydrogen) atoms. The van der Waals surface area contributed by atoms with Crippen molar-refractivity contribution >= 4 is 7.60 Å². The summed E-state index contributed by atoms with van der Waals surface area (Å²) in [5.74, 6) is 0. The Kier molecular flexibility index (Phi) is 4.09. The van der Waals surface area contributed by atoms with E-state index in [2.05, 4.69) is 0 Å². The molecule has 3 nitrogen and oxygen atoms in total. The van der Waals surface area contributed by atoms with Crippen molar-refractivity contribution in [3.63, 3.8) is 0 Å². The minimum atomic E-state index is -5.27. The fourth-order valence-electron chi connectivity index (χ4n) is 0.642. The van der Waals surface area contributed by atoms with Gasteiger partial charge in [-0.05, 0) is 6.42 Å². The molecule has 1 atom stereocenters. The van der Waals surface area contributed by atoms with Gasteiger partial charge in [-0.15, -0.1) is 0 Å². The minimum Gasteiger partial charge on any atom is -0.324 e. The Labute approximate surface area is 71.2 Å². The topological polar surface area (TPSA) is 57.5 Å². The highest BCUT2D eigenvalue weighted by molar-refractivity contribution is 7.52. The van der Waals surface area contributed by atoms with Crippen LogP contribution in [0, 0.1) is 0 Å². The van der Waals surface area contributed by atoms with Crippen molar-refractivity contribution in [3.8, 4) is 0 Å². The van der Waals surface area contributed by atoms with Gasteiger partial charge in [-0.1, -0.05) is 6.08 Å². The Hall–Kier alpha value is -0.390. The maximum atomic E-state index is 11.9. The summed E-state index contributed by atoms with van der Waals surface area (Å²) in [7, 11) is -5.27. The van der Waals surface area contributed by atoms with Crippen LogP contribution in [0.1, 0.15) is 6.42 Å². The van der Waals surface area contributed by atoms with Crippen molar-refractivity contribution in [3.05, 3.63) is 12.4 Å². The molecule has 0 heterocycles. The van der Waals surface area contributed by atoms with Gasteiger partial charge in [0.25, 0.3) is 0 Å². The fourth-order valence-corrected chi connectivity index (χ4v) is 1.42. The van der Waals surface area contributed by atoms with Crippen molar-refractivity contribution in [2.24, 2.45) is 0 Å². The second-order valence-corrected chi connectivity index (χ2v) is 4.05. The van der Waals surface area contributed by atoms with E-state index in [9.17, 15) is 22.1 Å². The van der Waals surface area contributed by atoms with Gasteiger partial charge in [0.15, 0.2) is 5.66 Å². The Morgan fingerprint density at radius 2 is 1.85 bits per heavy atom. The van der Waals surface area contributed by atoms with Crippen molar-refractivity contribution in [2.75, 3.05) is 0 Å². The van der Waals surface area contributed by atoms with Crippen LogP contribution >= 0.6 is 7.60 Å². The lowest BCUT2D eigenvalue weighted by molar-refractivity contribution is -0.133. The van der Waals surface area contributed by atoms with Gasteiger partial charge in [0.1, 0.15) is 0 Å². The van der Waals surface area contributed by atoms with E-state index < -0.39 is 25.9 Å². The van der Waals surface area contributed by atoms with Crippen molar-refractivity contribution < 1.29 is 31.9 Å². The smallest absolute Gasteiger partial charge is 0.324 e. The van der Waals surface area contributed by atoms with Crippen LogP contribution in [-0.2, 0) is 4.57 Å². The molecule has 0 saturated heterocycles. The first-order chi connectivity index (χ1) is 5.69. The Morgan fingerprint density at radius 3 is 2.08 bits per heavy atom. The fraction of sp³-hybridized carbons (Fsp3) is 0.600. The number of halogens is 4. The molecule has 0 aromatic carbocycles. The summed E-state index contributed by atoms with van der Waals surface area (Å²) in [6.45, 7) is 0. The van der Waals surface area contributed by atoms with Gasteiger partial charge in [0, 0.05) is 0 Å². The van der Waals surface area contributed by atoms with Gasteiger partial charge >= 0.3 is 13.8 Å². The van der Waals surface area contributed by atoms with Gasteiger partial charge in [0.2, 0.25) is 0 Å². The summed E-state index contributed by atoms with van der Waals surface area (Å²) in [6.07, 6.45) is -5.87. The molecule has 0 spiro atoms. The molecule has 78 valence electrons. The summed E-state index contributed by atoms with van der Waals surface area (Å²) in [4.78, 5) is 16.5. The molecule has 0 aromatic heterocycles. The Morgan fingerprint density at radius 1 is 1.38 bits per heavy atom. The van der Waals surface area contributed by atoms with Crippen LogP contribution in [0.3, 0.4) is 0 Å². The highest BCUT2D eigenvalue weighted by atomic mass is 31.2. The van der Waals surface area contributed by atoms with Crippen LogP contribution < -0.4 is 0 Å². The van der Waals surface area contributed by atoms with Crippen LogP contribution in [0.2, 0.25) is 0 Å². The molecule has 0 bridgehead atoms. The Bertz CT molecular complexity index is 230. The van der Waals surface area contributed by atoms with E-state index in [1.807, 2.05) is 0 Å². The van der Waals surface area contributed by atoms with Gasteiger partial charge in [-0.3, -0.25) is 4.57 Å². The molecule has 0 aliphatic carbocycles. The lowest BCUT2D eigenvalue weighted by Crippen LogP contribution is -2.28. The second kappa shape index (κ2) is 4.21. The van der Waals surface area contributed by atoms with Gasteiger partial charge in [0.05, 0.1) is 6.33 Å². The third kappa shape index (κ3) is 4.40. The van der Waals surface area contributed by atoms with Crippen LogP contribution in [0.4, 0.5) is 17.6 Å². The first-order valence-corrected chi connectivity index (χ1v) is 4.75. The number of allylic oxidation sites excluding steroid dienone is 1. The Balaban J connectivity index is 4.68. The first-order valence-electron chi connectivity index (χ1n) is 3.06. The van der Waals surface area contributed by atoms with Crippen LogP contribution in [0.5, 0.6) is 0 Å². The van der Waals surface area contributed by atoms with Gasteiger partial charge < -0.3 is 9.79 Å². The third-order valence-electron chi connectivity index (χ3n) is 1.23. The molecule has 0 aromatic rings. The summed E-state index contributed by atoms with van der Waals surface area (Å²) < 4.78 is 57.3. The summed E-state index contributed by atoms with van der Waals surface area (Å²) in [5.41, 5.74) is -2.83. The van der Waals surface area contributed by atoms with Crippen molar-refractivity contribution in [2.45, 2.75) is 18.3 Å². The lowest BCUT2D eigenvalue weighted by atomic mass is 10.3. The molecule has 0 radical (unpaired) electrons. The minimum absolute atomic E-state index is 0.186. The van der Waals surface area contributed by atoms with Gasteiger partial charge in [-0.25, -0.2) is 4.39 Å². The number of rotatable bonds is 3. The van der Waals surface area contributed by atoms with Crippen LogP contribution in [0.15, 0.2) is 12.4 Å². The molecule has 1 unspecified atom stereocenters. The number of hydrogen-bond donors (Lipinski definition) is 2. The molecule has 0 saturated carbocycles.